The molecule has 0 aliphatic rings. The van der Waals surface area contributed by atoms with E-state index in [9.17, 15) is 13.2 Å². The minimum absolute atomic E-state index is 0.159. The number of halogens is 3. The third-order valence-corrected chi connectivity index (χ3v) is 3.18. The molecule has 0 radical (unpaired) electrons. The number of aryl methyl sites for hydroxylation is 1. The van der Waals surface area contributed by atoms with Crippen LogP contribution in [-0.2, 0) is 13.0 Å². The molecule has 1 N–H and O–H groups in total. The maximum absolute atomic E-state index is 12.8. The van der Waals surface area contributed by atoms with Gasteiger partial charge in [-0.1, -0.05) is 18.2 Å². The van der Waals surface area contributed by atoms with Gasteiger partial charge in [0, 0.05) is 18.4 Å². The summed E-state index contributed by atoms with van der Waals surface area (Å²) >= 11 is 0. The normalized spacial score (nSPS) is 13.9. The fourth-order valence-electron chi connectivity index (χ4n) is 2.16. The number of fused-ring (bicyclic) bond motifs is 1. The van der Waals surface area contributed by atoms with Gasteiger partial charge in [0.2, 0.25) is 0 Å². The highest BCUT2D eigenvalue weighted by atomic mass is 19.4. The number of nitrogens with one attached hydrogen (secondary N) is 1. The summed E-state index contributed by atoms with van der Waals surface area (Å²) in [6.07, 6.45) is -4.43. The monoisotopic (exact) mass is 271 g/mol. The first kappa shape index (κ1) is 13.9. The average Bonchev–Trinajstić information content (AvgIpc) is 2.73. The number of likely N-dealkylation sites (N-methyl/N-ethyl adjacent to an activating group) is 1. The fraction of sp³-hybridized carbons (Fsp3) is 0.462. The van der Waals surface area contributed by atoms with E-state index in [1.54, 1.807) is 4.68 Å². The largest absolute Gasteiger partial charge is 0.404 e. The number of benzene rings is 1. The second-order valence-corrected chi connectivity index (χ2v) is 4.37. The predicted molar refractivity (Wildman–Crippen MR) is 68.0 cm³/mol. The second-order valence-electron chi connectivity index (χ2n) is 4.37. The Labute approximate surface area is 109 Å². The van der Waals surface area contributed by atoms with E-state index in [0.717, 1.165) is 10.9 Å². The molecular formula is C13H16F3N3. The SMILES string of the molecule is CCn1nc(CC(NC)C(F)(F)F)c2ccccc21. The van der Waals surface area contributed by atoms with Crippen LogP contribution < -0.4 is 5.32 Å². The first-order chi connectivity index (χ1) is 8.97. The summed E-state index contributed by atoms with van der Waals surface area (Å²) in [7, 11) is 1.32. The lowest BCUT2D eigenvalue weighted by Gasteiger charge is -2.18. The Morgan fingerprint density at radius 2 is 2.00 bits per heavy atom. The minimum Gasteiger partial charge on any atom is -0.309 e. The van der Waals surface area contributed by atoms with Crippen molar-refractivity contribution in [2.75, 3.05) is 7.05 Å². The smallest absolute Gasteiger partial charge is 0.309 e. The van der Waals surface area contributed by atoms with Crippen molar-refractivity contribution in [2.24, 2.45) is 0 Å². The van der Waals surface area contributed by atoms with E-state index >= 15 is 0 Å². The van der Waals surface area contributed by atoms with Crippen LogP contribution in [0, 0.1) is 0 Å². The van der Waals surface area contributed by atoms with Crippen LogP contribution in [-0.4, -0.2) is 29.0 Å². The minimum atomic E-state index is -4.27. The van der Waals surface area contributed by atoms with Crippen LogP contribution >= 0.6 is 0 Å². The molecule has 0 aliphatic heterocycles. The number of rotatable bonds is 4. The van der Waals surface area contributed by atoms with Gasteiger partial charge in [0.1, 0.15) is 6.04 Å². The molecule has 0 fully saturated rings. The molecule has 6 heteroatoms. The molecule has 1 heterocycles. The predicted octanol–water partition coefficient (Wildman–Crippen LogP) is 2.75. The van der Waals surface area contributed by atoms with Crippen molar-refractivity contribution >= 4 is 10.9 Å². The number of hydrogen-bond donors (Lipinski definition) is 1. The van der Waals surface area contributed by atoms with Crippen molar-refractivity contribution in [3.63, 3.8) is 0 Å². The Kier molecular flexibility index (Phi) is 3.80. The molecular weight excluding hydrogens is 255 g/mol. The molecule has 3 nitrogen and oxygen atoms in total. The van der Waals surface area contributed by atoms with E-state index in [2.05, 4.69) is 10.4 Å². The molecule has 104 valence electrons. The van der Waals surface area contributed by atoms with Crippen molar-refractivity contribution in [2.45, 2.75) is 32.1 Å². The Morgan fingerprint density at radius 1 is 1.32 bits per heavy atom. The Hall–Kier alpha value is -1.56. The third-order valence-electron chi connectivity index (χ3n) is 3.18. The van der Waals surface area contributed by atoms with Gasteiger partial charge in [-0.2, -0.15) is 18.3 Å². The number of hydrogen-bond acceptors (Lipinski definition) is 2. The zero-order valence-corrected chi connectivity index (χ0v) is 10.8. The van der Waals surface area contributed by atoms with Crippen molar-refractivity contribution < 1.29 is 13.2 Å². The summed E-state index contributed by atoms with van der Waals surface area (Å²) in [5, 5.41) is 7.38. The maximum atomic E-state index is 12.8. The molecule has 2 aromatic rings. The Balaban J connectivity index is 2.40. The molecule has 0 saturated carbocycles. The molecule has 0 spiro atoms. The topological polar surface area (TPSA) is 29.9 Å². The lowest BCUT2D eigenvalue weighted by atomic mass is 10.1. The molecule has 0 amide bonds. The van der Waals surface area contributed by atoms with Gasteiger partial charge in [0.25, 0.3) is 0 Å². The van der Waals surface area contributed by atoms with E-state index in [0.29, 0.717) is 12.2 Å². The number of para-hydroxylation sites is 1. The number of nitrogens with zero attached hydrogens (tertiary/aromatic N) is 2. The number of alkyl halides is 3. The molecule has 0 bridgehead atoms. The van der Waals surface area contributed by atoms with Crippen LogP contribution in [0.15, 0.2) is 24.3 Å². The molecule has 1 aromatic carbocycles. The van der Waals surface area contributed by atoms with Crippen LogP contribution in [0.5, 0.6) is 0 Å². The summed E-state index contributed by atoms with van der Waals surface area (Å²) in [5.41, 5.74) is 1.35. The van der Waals surface area contributed by atoms with Gasteiger partial charge in [-0.25, -0.2) is 0 Å². The standard InChI is InChI=1S/C13H16F3N3/c1-3-19-11-7-5-4-6-9(11)10(18-19)8-12(17-2)13(14,15)16/h4-7,12,17H,3,8H2,1-2H3. The van der Waals surface area contributed by atoms with Gasteiger partial charge < -0.3 is 5.32 Å². The second kappa shape index (κ2) is 5.21. The highest BCUT2D eigenvalue weighted by molar-refractivity contribution is 5.82. The van der Waals surface area contributed by atoms with Crippen molar-refractivity contribution in [3.05, 3.63) is 30.0 Å². The molecule has 1 unspecified atom stereocenters. The summed E-state index contributed by atoms with van der Waals surface area (Å²) in [6.45, 7) is 2.55. The third kappa shape index (κ3) is 2.73. The van der Waals surface area contributed by atoms with Crippen LogP contribution in [0.2, 0.25) is 0 Å². The Morgan fingerprint density at radius 3 is 2.58 bits per heavy atom. The molecule has 19 heavy (non-hydrogen) atoms. The Bertz CT molecular complexity index is 560. The molecule has 1 aromatic heterocycles. The molecule has 0 saturated heterocycles. The molecule has 0 aliphatic carbocycles. The summed E-state index contributed by atoms with van der Waals surface area (Å²) < 4.78 is 40.1. The van der Waals surface area contributed by atoms with Crippen molar-refractivity contribution in [3.8, 4) is 0 Å². The van der Waals surface area contributed by atoms with E-state index < -0.39 is 12.2 Å². The molecule has 2 rings (SSSR count). The van der Waals surface area contributed by atoms with E-state index in [1.165, 1.54) is 7.05 Å². The van der Waals surface area contributed by atoms with Crippen LogP contribution in [0.1, 0.15) is 12.6 Å². The summed E-state index contributed by atoms with van der Waals surface area (Å²) in [5.74, 6) is 0. The zero-order chi connectivity index (χ0) is 14.0. The lowest BCUT2D eigenvalue weighted by molar-refractivity contribution is -0.154. The van der Waals surface area contributed by atoms with E-state index in [-0.39, 0.29) is 6.42 Å². The highest BCUT2D eigenvalue weighted by Gasteiger charge is 2.39. The van der Waals surface area contributed by atoms with Crippen LogP contribution in [0.4, 0.5) is 13.2 Å². The fourth-order valence-corrected chi connectivity index (χ4v) is 2.16. The highest BCUT2D eigenvalue weighted by Crippen LogP contribution is 2.26. The van der Waals surface area contributed by atoms with Gasteiger partial charge >= 0.3 is 6.18 Å². The van der Waals surface area contributed by atoms with Gasteiger partial charge in [-0.05, 0) is 20.0 Å². The van der Waals surface area contributed by atoms with E-state index in [1.807, 2.05) is 31.2 Å². The van der Waals surface area contributed by atoms with Gasteiger partial charge in [0.05, 0.1) is 11.2 Å². The lowest BCUT2D eigenvalue weighted by Crippen LogP contribution is -2.41. The van der Waals surface area contributed by atoms with Gasteiger partial charge in [-0.15, -0.1) is 0 Å². The maximum Gasteiger partial charge on any atom is 0.404 e. The first-order valence-corrected chi connectivity index (χ1v) is 6.15. The quantitative estimate of drug-likeness (QED) is 0.926. The van der Waals surface area contributed by atoms with Crippen molar-refractivity contribution in [1.29, 1.82) is 0 Å². The molecule has 1 atom stereocenters. The average molecular weight is 271 g/mol. The van der Waals surface area contributed by atoms with Crippen LogP contribution in [0.3, 0.4) is 0 Å². The summed E-state index contributed by atoms with van der Waals surface area (Å²) in [4.78, 5) is 0. The first-order valence-electron chi connectivity index (χ1n) is 6.15. The number of aromatic nitrogens is 2. The zero-order valence-electron chi connectivity index (χ0n) is 10.8. The van der Waals surface area contributed by atoms with Crippen LogP contribution in [0.25, 0.3) is 10.9 Å². The van der Waals surface area contributed by atoms with Gasteiger partial charge in [0.15, 0.2) is 0 Å². The van der Waals surface area contributed by atoms with Crippen molar-refractivity contribution in [1.82, 2.24) is 15.1 Å². The van der Waals surface area contributed by atoms with E-state index in [4.69, 9.17) is 0 Å². The van der Waals surface area contributed by atoms with Gasteiger partial charge in [-0.3, -0.25) is 4.68 Å². The summed E-state index contributed by atoms with van der Waals surface area (Å²) in [6, 6.07) is 5.79.